The maximum atomic E-state index is 6.39. The van der Waals surface area contributed by atoms with Gasteiger partial charge in [-0.2, -0.15) is 4.98 Å². The van der Waals surface area contributed by atoms with E-state index in [0.29, 0.717) is 39.3 Å². The third-order valence-corrected chi connectivity index (χ3v) is 12.5. The molecule has 0 aliphatic carbocycles. The molecular weight excluding hydrogens is 382 g/mol. The highest BCUT2D eigenvalue weighted by molar-refractivity contribution is 6.93. The number of rotatable bonds is 6. The minimum absolute atomic E-state index is 0.0724. The minimum Gasteiger partial charge on any atom is -0.444 e. The predicted octanol–water partition coefficient (Wildman–Crippen LogP) is 3.64. The van der Waals surface area contributed by atoms with E-state index in [4.69, 9.17) is 20.9 Å². The van der Waals surface area contributed by atoms with Crippen molar-refractivity contribution < 1.29 is 4.42 Å². The fourth-order valence-corrected chi connectivity index (χ4v) is 10.7. The van der Waals surface area contributed by atoms with Gasteiger partial charge in [-0.25, -0.2) is 9.97 Å². The van der Waals surface area contributed by atoms with Crippen LogP contribution in [0.2, 0.25) is 16.6 Å². The van der Waals surface area contributed by atoms with Crippen LogP contribution in [0.1, 0.15) is 41.5 Å². The Bertz CT molecular complexity index is 964. The van der Waals surface area contributed by atoms with Gasteiger partial charge in [0.05, 0.1) is 23.7 Å². The molecule has 0 atom stereocenters. The van der Waals surface area contributed by atoms with Crippen LogP contribution >= 0.6 is 0 Å². The molecule has 3 aromatic heterocycles. The van der Waals surface area contributed by atoms with E-state index in [-0.39, 0.29) is 11.8 Å². The summed E-state index contributed by atoms with van der Waals surface area (Å²) in [5, 5.41) is 0. The first-order valence-electron chi connectivity index (χ1n) is 9.85. The van der Waals surface area contributed by atoms with Crippen LogP contribution in [0.25, 0.3) is 22.7 Å². The summed E-state index contributed by atoms with van der Waals surface area (Å²) >= 11 is 0. The summed E-state index contributed by atoms with van der Waals surface area (Å²) < 4.78 is 6.39. The molecule has 0 aliphatic rings. The lowest BCUT2D eigenvalue weighted by molar-refractivity contribution is 0.592. The van der Waals surface area contributed by atoms with Crippen molar-refractivity contribution in [1.29, 1.82) is 0 Å². The molecule has 0 spiro atoms. The average molecular weight is 412 g/mol. The summed E-state index contributed by atoms with van der Waals surface area (Å²) in [6.45, 7) is 13.6. The highest BCUT2D eigenvalue weighted by Gasteiger charge is 2.49. The van der Waals surface area contributed by atoms with Crippen LogP contribution in [0.15, 0.2) is 29.2 Å². The Kier molecular flexibility index (Phi) is 5.70. The third-order valence-electron chi connectivity index (χ3n) is 5.75. The molecular formula is C20H29N7OSi. The van der Waals surface area contributed by atoms with Gasteiger partial charge in [0.1, 0.15) is 11.5 Å². The second kappa shape index (κ2) is 7.90. The summed E-state index contributed by atoms with van der Waals surface area (Å²) in [6, 6.07) is 0. The lowest BCUT2D eigenvalue weighted by atomic mass is 10.1. The first-order chi connectivity index (χ1) is 13.7. The molecule has 0 aromatic carbocycles. The average Bonchev–Trinajstić information content (AvgIpc) is 3.11. The molecule has 9 heteroatoms. The Morgan fingerprint density at radius 2 is 1.52 bits per heavy atom. The normalized spacial score (nSPS) is 12.3. The molecule has 8 nitrogen and oxygen atoms in total. The van der Waals surface area contributed by atoms with Gasteiger partial charge >= 0.3 is 0 Å². The van der Waals surface area contributed by atoms with Crippen molar-refractivity contribution in [2.24, 2.45) is 0 Å². The van der Waals surface area contributed by atoms with E-state index in [2.05, 4.69) is 61.5 Å². The standard InChI is InChI=1S/C20H29N7OSi/c1-11(2)29(12(3)4,13(5)6)20-25-10-15(28-20)17-16(14-9-23-7-8-24-14)18(21)27-19(22)26-17/h7-13H,1-6H3,(H4,21,22,26,27). The van der Waals surface area contributed by atoms with E-state index in [1.165, 1.54) is 0 Å². The van der Waals surface area contributed by atoms with Gasteiger partial charge < -0.3 is 15.9 Å². The van der Waals surface area contributed by atoms with E-state index in [1.54, 1.807) is 24.8 Å². The smallest absolute Gasteiger partial charge is 0.222 e. The molecule has 0 amide bonds. The first kappa shape index (κ1) is 20.9. The molecule has 3 rings (SSSR count). The maximum Gasteiger partial charge on any atom is 0.222 e. The van der Waals surface area contributed by atoms with Crippen LogP contribution in [0, 0.1) is 0 Å². The molecule has 0 saturated carbocycles. The number of nitrogen functional groups attached to an aromatic ring is 2. The van der Waals surface area contributed by atoms with Crippen molar-refractivity contribution in [3.8, 4) is 22.7 Å². The molecule has 4 N–H and O–H groups in total. The number of hydrogen-bond acceptors (Lipinski definition) is 8. The zero-order valence-electron chi connectivity index (χ0n) is 17.8. The number of aromatic nitrogens is 5. The largest absolute Gasteiger partial charge is 0.444 e. The van der Waals surface area contributed by atoms with Crippen LogP contribution < -0.4 is 17.0 Å². The lowest BCUT2D eigenvalue weighted by Crippen LogP contribution is -2.56. The van der Waals surface area contributed by atoms with Gasteiger partial charge in [0.15, 0.2) is 19.3 Å². The van der Waals surface area contributed by atoms with Gasteiger partial charge in [-0.05, 0) is 16.6 Å². The quantitative estimate of drug-likeness (QED) is 0.588. The molecule has 3 aromatic rings. The number of nitrogens with two attached hydrogens (primary N) is 2. The first-order valence-corrected chi connectivity index (χ1v) is 12.1. The summed E-state index contributed by atoms with van der Waals surface area (Å²) in [6.07, 6.45) is 6.51. The molecule has 0 radical (unpaired) electrons. The number of hydrogen-bond donors (Lipinski definition) is 2. The van der Waals surface area contributed by atoms with Gasteiger partial charge in [-0.15, -0.1) is 0 Å². The van der Waals surface area contributed by atoms with Gasteiger partial charge in [-0.1, -0.05) is 41.5 Å². The monoisotopic (exact) mass is 411 g/mol. The fraction of sp³-hybridized carbons (Fsp3) is 0.450. The van der Waals surface area contributed by atoms with E-state index in [1.807, 2.05) is 0 Å². The van der Waals surface area contributed by atoms with Crippen LogP contribution in [0.3, 0.4) is 0 Å². The Labute approximate surface area is 172 Å². The number of anilines is 2. The van der Waals surface area contributed by atoms with Gasteiger partial charge in [-0.3, -0.25) is 9.97 Å². The molecule has 0 aliphatic heterocycles. The van der Waals surface area contributed by atoms with Crippen LogP contribution in [-0.2, 0) is 0 Å². The SMILES string of the molecule is CC(C)[Si](c1ncc(-c2nc(N)nc(N)c2-c2cnccn2)o1)(C(C)C)C(C)C. The van der Waals surface area contributed by atoms with Gasteiger partial charge in [0, 0.05) is 12.4 Å². The highest BCUT2D eigenvalue weighted by Crippen LogP contribution is 2.42. The van der Waals surface area contributed by atoms with E-state index in [9.17, 15) is 0 Å². The van der Waals surface area contributed by atoms with Crippen LogP contribution in [0.5, 0.6) is 0 Å². The second-order valence-corrected chi connectivity index (χ2v) is 14.0. The molecule has 0 bridgehead atoms. The van der Waals surface area contributed by atoms with Crippen molar-refractivity contribution in [3.05, 3.63) is 24.8 Å². The van der Waals surface area contributed by atoms with Crippen molar-refractivity contribution >= 4 is 25.4 Å². The van der Waals surface area contributed by atoms with E-state index < -0.39 is 8.07 Å². The zero-order valence-corrected chi connectivity index (χ0v) is 18.8. The molecule has 0 saturated heterocycles. The van der Waals surface area contributed by atoms with Crippen LogP contribution in [0.4, 0.5) is 11.8 Å². The summed E-state index contributed by atoms with van der Waals surface area (Å²) in [5.74, 6) is 0.814. The summed E-state index contributed by atoms with van der Waals surface area (Å²) in [5.41, 5.74) is 15.9. The van der Waals surface area contributed by atoms with E-state index >= 15 is 0 Å². The minimum atomic E-state index is -2.05. The van der Waals surface area contributed by atoms with Crippen molar-refractivity contribution in [2.75, 3.05) is 11.5 Å². The maximum absolute atomic E-state index is 6.39. The zero-order chi connectivity index (χ0) is 21.3. The molecule has 0 fully saturated rings. The molecule has 154 valence electrons. The van der Waals surface area contributed by atoms with Gasteiger partial charge in [0.25, 0.3) is 0 Å². The summed E-state index contributed by atoms with van der Waals surface area (Å²) in [4.78, 5) is 21.7. The van der Waals surface area contributed by atoms with Crippen molar-refractivity contribution in [2.45, 2.75) is 58.2 Å². The highest BCUT2D eigenvalue weighted by atomic mass is 28.3. The molecule has 29 heavy (non-hydrogen) atoms. The van der Waals surface area contributed by atoms with Gasteiger partial charge in [0.2, 0.25) is 5.95 Å². The van der Waals surface area contributed by atoms with Crippen LogP contribution in [-0.4, -0.2) is 33.0 Å². The Morgan fingerprint density at radius 1 is 0.862 bits per heavy atom. The lowest BCUT2D eigenvalue weighted by Gasteiger charge is -2.39. The number of oxazole rings is 1. The van der Waals surface area contributed by atoms with Crippen molar-refractivity contribution in [1.82, 2.24) is 24.9 Å². The molecule has 3 heterocycles. The molecule has 0 unspecified atom stereocenters. The number of nitrogens with zero attached hydrogens (tertiary/aromatic N) is 5. The second-order valence-electron chi connectivity index (χ2n) is 8.21. The Morgan fingerprint density at radius 3 is 2.07 bits per heavy atom. The fourth-order valence-electron chi connectivity index (χ4n) is 4.68. The Hall–Kier alpha value is -2.81. The topological polar surface area (TPSA) is 130 Å². The predicted molar refractivity (Wildman–Crippen MR) is 118 cm³/mol. The third kappa shape index (κ3) is 3.50. The van der Waals surface area contributed by atoms with E-state index in [0.717, 1.165) is 5.51 Å². The Balaban J connectivity index is 2.22. The summed E-state index contributed by atoms with van der Waals surface area (Å²) in [7, 11) is -2.05. The van der Waals surface area contributed by atoms with Crippen molar-refractivity contribution in [3.63, 3.8) is 0 Å².